The summed E-state index contributed by atoms with van der Waals surface area (Å²) in [7, 11) is 4.85. The molecule has 15 heavy (non-hydrogen) atoms. The van der Waals surface area contributed by atoms with Crippen LogP contribution < -0.4 is 12.3 Å². The van der Waals surface area contributed by atoms with Gasteiger partial charge < -0.3 is 30.5 Å². The van der Waals surface area contributed by atoms with Crippen LogP contribution in [0.1, 0.15) is 6.92 Å². The van der Waals surface area contributed by atoms with Gasteiger partial charge in [-0.25, -0.2) is 7.11 Å². The quantitative estimate of drug-likeness (QED) is 0.412. The second kappa shape index (κ2) is 13.1. The minimum atomic E-state index is -0.298. The van der Waals surface area contributed by atoms with E-state index >= 15 is 0 Å². The molecule has 0 aromatic rings. The van der Waals surface area contributed by atoms with Crippen LogP contribution >= 0.6 is 12.3 Å². The Kier molecular flexibility index (Phi) is 20.7. The molecule has 0 aromatic heterocycles. The van der Waals surface area contributed by atoms with Crippen LogP contribution in [-0.2, 0) is 13.7 Å². The van der Waals surface area contributed by atoms with E-state index in [1.807, 2.05) is 6.92 Å². The minimum absolute atomic E-state index is 0. The predicted molar refractivity (Wildman–Crippen MR) is 57.6 cm³/mol. The Morgan fingerprint density at radius 1 is 1.27 bits per heavy atom. The Balaban J connectivity index is -0.000000202. The maximum atomic E-state index is 9.98. The molecule has 0 rings (SSSR count). The summed E-state index contributed by atoms with van der Waals surface area (Å²) in [4.78, 5) is 0. The Morgan fingerprint density at radius 2 is 1.80 bits per heavy atom. The summed E-state index contributed by atoms with van der Waals surface area (Å²) in [6, 6.07) is 0. The third-order valence-corrected chi connectivity index (χ3v) is 1.61. The van der Waals surface area contributed by atoms with Crippen molar-refractivity contribution in [1.29, 1.82) is 0 Å². The molecule has 92 valence electrons. The van der Waals surface area contributed by atoms with E-state index in [4.69, 9.17) is 9.47 Å². The van der Waals surface area contributed by atoms with Gasteiger partial charge in [0.25, 0.3) is 0 Å². The first-order valence-corrected chi connectivity index (χ1v) is 4.12. The number of methoxy groups -OCH3 is 1. The van der Waals surface area contributed by atoms with Crippen molar-refractivity contribution in [3.05, 3.63) is 7.11 Å². The first-order chi connectivity index (χ1) is 5.68. The van der Waals surface area contributed by atoms with E-state index in [9.17, 15) is 4.55 Å². The molecule has 0 radical (unpaired) electrons. The fourth-order valence-corrected chi connectivity index (χ4v) is 1.22. The second-order valence-corrected chi connectivity index (χ2v) is 3.29. The van der Waals surface area contributed by atoms with E-state index in [0.717, 1.165) is 0 Å². The largest absolute Gasteiger partial charge is 0.776 e. The van der Waals surface area contributed by atoms with E-state index in [1.165, 1.54) is 0 Å². The maximum absolute atomic E-state index is 9.98. The molecular weight excluding hydrogens is 475 g/mol. The summed E-state index contributed by atoms with van der Waals surface area (Å²) < 4.78 is 24.4. The summed E-state index contributed by atoms with van der Waals surface area (Å²) in [5.41, 5.74) is -0.298. The van der Waals surface area contributed by atoms with Crippen LogP contribution in [0, 0.1) is 12.5 Å². The van der Waals surface area contributed by atoms with E-state index in [0.29, 0.717) is 19.8 Å². The van der Waals surface area contributed by atoms with Crippen molar-refractivity contribution in [2.24, 2.45) is 5.41 Å². The summed E-state index contributed by atoms with van der Waals surface area (Å²) in [6.45, 7) is 3.08. The van der Waals surface area contributed by atoms with Crippen molar-refractivity contribution in [3.63, 3.8) is 0 Å². The molecular formula is C7H22N2O4RfS. The van der Waals surface area contributed by atoms with Crippen LogP contribution in [-0.4, -0.2) is 31.5 Å². The molecule has 0 bridgehead atoms. The fraction of sp³-hybridized carbons (Fsp3) is 0.857. The number of ether oxygens (including phenoxy) is 2. The first-order valence-electron chi connectivity index (χ1n) is 3.46. The molecule has 6 nitrogen and oxygen atoms in total. The summed E-state index contributed by atoms with van der Waals surface area (Å²) in [6.07, 6.45) is 0. The number of hydrogen-bond donors (Lipinski definition) is 2. The zero-order valence-electron chi connectivity index (χ0n) is 10.1. The van der Waals surface area contributed by atoms with Crippen molar-refractivity contribution < 1.29 is 18.2 Å². The van der Waals surface area contributed by atoms with E-state index in [-0.39, 0.29) is 30.0 Å². The van der Waals surface area contributed by atoms with Gasteiger partial charge in [-0.2, -0.15) is 0 Å². The number of hydrogen-bond acceptors (Lipinski definition) is 5. The van der Waals surface area contributed by atoms with Gasteiger partial charge in [0.15, 0.2) is 0 Å². The molecule has 0 heterocycles. The molecule has 8 N–H and O–H groups in total. The Labute approximate surface area is 89.9 Å². The fourth-order valence-electron chi connectivity index (χ4n) is 0.886. The third-order valence-electron chi connectivity index (χ3n) is 1.40. The monoisotopic (exact) mass is 497 g/mol. The van der Waals surface area contributed by atoms with Crippen LogP contribution in [0.3, 0.4) is 0 Å². The number of quaternary nitrogens is 2. The maximum Gasteiger partial charge on any atom is 0.0696 e. The molecule has 0 aliphatic rings. The molecule has 0 saturated heterocycles. The molecule has 0 spiro atoms. The average molecular weight is 497 g/mol. The zero-order chi connectivity index (χ0) is 9.45. The molecule has 0 aliphatic carbocycles. The zero-order valence-corrected chi connectivity index (χ0v) is 17.3. The van der Waals surface area contributed by atoms with Crippen LogP contribution in [0.4, 0.5) is 0 Å². The smallest absolute Gasteiger partial charge is 0.0696 e. The first kappa shape index (κ1) is 23.7. The van der Waals surface area contributed by atoms with Crippen molar-refractivity contribution in [2.45, 2.75) is 6.92 Å². The molecule has 0 aliphatic heterocycles. The molecule has 0 aromatic carbocycles. The van der Waals surface area contributed by atoms with Gasteiger partial charge in [0.1, 0.15) is 0 Å². The predicted octanol–water partition coefficient (Wildman–Crippen LogP) is 1.99. The Hall–Kier alpha value is -0.890. The standard InChI is InChI=1S/C7H15O4S.2H3N.Rf/c1-7(4-9-2,5-10-3)6-11-12-8;;;/h8H,2,4-6H2,1,3H3;2*1H3;/q-1;;;/p+1. The van der Waals surface area contributed by atoms with Gasteiger partial charge in [-0.3, -0.25) is 0 Å². The van der Waals surface area contributed by atoms with Crippen molar-refractivity contribution >= 4 is 12.3 Å². The molecule has 0 fully saturated rings. The summed E-state index contributed by atoms with van der Waals surface area (Å²) in [5.74, 6) is 0. The minimum Gasteiger partial charge on any atom is -0.776 e. The van der Waals surface area contributed by atoms with Crippen molar-refractivity contribution in [1.82, 2.24) is 12.3 Å². The van der Waals surface area contributed by atoms with E-state index in [2.05, 4.69) is 11.3 Å². The molecule has 0 amide bonds. The molecule has 0 saturated carbocycles. The topological polar surface area (TPSA) is 124 Å². The SMILES string of the molecule is [CH2-]OCC(C)(COC)COS[O-].[NH4+].[NH4+].[Rf]. The van der Waals surface area contributed by atoms with Crippen LogP contribution in [0.15, 0.2) is 0 Å². The Morgan fingerprint density at radius 3 is 2.13 bits per heavy atom. The molecule has 1 unspecified atom stereocenters. The van der Waals surface area contributed by atoms with Crippen LogP contribution in [0.2, 0.25) is 0 Å². The van der Waals surface area contributed by atoms with Gasteiger partial charge in [0, 0.05) is 19.1 Å². The van der Waals surface area contributed by atoms with Gasteiger partial charge in [0.05, 0.1) is 13.2 Å². The van der Waals surface area contributed by atoms with Crippen LogP contribution in [0.5, 0.6) is 0 Å². The molecule has 8 heteroatoms. The van der Waals surface area contributed by atoms with Crippen molar-refractivity contribution in [2.75, 3.05) is 26.9 Å². The van der Waals surface area contributed by atoms with Gasteiger partial charge >= 0.3 is 0 Å². The van der Waals surface area contributed by atoms with Gasteiger partial charge in [-0.05, 0) is 0 Å². The van der Waals surface area contributed by atoms with Crippen molar-refractivity contribution in [3.8, 4) is 0 Å². The molecule has 1 atom stereocenters. The second-order valence-electron chi connectivity index (χ2n) is 2.92. The normalized spacial score (nSPS) is 12.8. The van der Waals surface area contributed by atoms with E-state index < -0.39 is 0 Å². The van der Waals surface area contributed by atoms with Crippen LogP contribution in [0.25, 0.3) is 0 Å². The van der Waals surface area contributed by atoms with Gasteiger partial charge in [-0.1, -0.05) is 6.92 Å². The van der Waals surface area contributed by atoms with E-state index in [1.54, 1.807) is 7.11 Å². The summed E-state index contributed by atoms with van der Waals surface area (Å²) >= 11 is 0.0987. The van der Waals surface area contributed by atoms with Gasteiger partial charge in [-0.15, -0.1) is 12.3 Å². The number of rotatable bonds is 7. The van der Waals surface area contributed by atoms with Gasteiger partial charge in [0.2, 0.25) is 0 Å². The average Bonchev–Trinajstić information content (AvgIpc) is 2.02. The third kappa shape index (κ3) is 11.0. The Bertz CT molecular complexity index is 117. The summed E-state index contributed by atoms with van der Waals surface area (Å²) in [5, 5.41) is 0.